The zero-order chi connectivity index (χ0) is 12.0. The van der Waals surface area contributed by atoms with Gasteiger partial charge in [-0.05, 0) is 28.5 Å². The fraction of sp³-hybridized carbons (Fsp3) is 0.400. The summed E-state index contributed by atoms with van der Waals surface area (Å²) in [6.07, 6.45) is 1.99. The number of anilines is 1. The zero-order valence-electron chi connectivity index (χ0n) is 8.89. The molecule has 2 N–H and O–H groups in total. The third-order valence-corrected chi connectivity index (χ3v) is 2.59. The van der Waals surface area contributed by atoms with Gasteiger partial charge in [-0.25, -0.2) is 4.98 Å². The van der Waals surface area contributed by atoms with Crippen molar-refractivity contribution in [1.29, 1.82) is 0 Å². The summed E-state index contributed by atoms with van der Waals surface area (Å²) in [6, 6.07) is 1.72. The maximum atomic E-state index is 11.5. The van der Waals surface area contributed by atoms with Gasteiger partial charge in [0.2, 0.25) is 5.91 Å². The molecule has 16 heavy (non-hydrogen) atoms. The van der Waals surface area contributed by atoms with Crippen LogP contribution in [0.4, 0.5) is 5.69 Å². The number of pyridine rings is 1. The third-order valence-electron chi connectivity index (χ3n) is 1.86. The highest BCUT2D eigenvalue weighted by atomic mass is 79.9. The molecule has 0 aromatic carbocycles. The number of hydrogen-bond donors (Lipinski definition) is 2. The molecule has 6 heteroatoms. The third kappa shape index (κ3) is 4.47. The summed E-state index contributed by atoms with van der Waals surface area (Å²) in [5, 5.41) is 6.07. The number of nitrogens with one attached hydrogen (secondary N) is 2. The highest BCUT2D eigenvalue weighted by Crippen LogP contribution is 2.22. The molecule has 0 aliphatic carbocycles. The maximum Gasteiger partial charge on any atom is 0.225 e. The van der Waals surface area contributed by atoms with Crippen LogP contribution in [-0.4, -0.2) is 24.0 Å². The molecule has 0 fully saturated rings. The Hall–Kier alpha value is -0.650. The molecule has 4 nitrogen and oxygen atoms in total. The minimum absolute atomic E-state index is 0.0808. The molecule has 0 saturated heterocycles. The van der Waals surface area contributed by atoms with E-state index in [1.165, 1.54) is 0 Å². The highest BCUT2D eigenvalue weighted by molar-refractivity contribution is 9.10. The average Bonchev–Trinajstić information content (AvgIpc) is 2.24. The Morgan fingerprint density at radius 3 is 3.06 bits per heavy atom. The van der Waals surface area contributed by atoms with Crippen LogP contribution in [0.15, 0.2) is 16.7 Å². The molecular weight excluding hydrogens is 293 g/mol. The first kappa shape index (κ1) is 13.4. The van der Waals surface area contributed by atoms with E-state index in [1.807, 2.05) is 6.92 Å². The Morgan fingerprint density at radius 2 is 2.38 bits per heavy atom. The summed E-state index contributed by atoms with van der Waals surface area (Å²) in [4.78, 5) is 15.4. The van der Waals surface area contributed by atoms with E-state index in [1.54, 1.807) is 12.3 Å². The summed E-state index contributed by atoms with van der Waals surface area (Å²) in [6.45, 7) is 3.50. The topological polar surface area (TPSA) is 54.0 Å². The summed E-state index contributed by atoms with van der Waals surface area (Å²) in [5.74, 6) is -0.0808. The minimum atomic E-state index is -0.0808. The van der Waals surface area contributed by atoms with Gasteiger partial charge in [-0.1, -0.05) is 18.5 Å². The van der Waals surface area contributed by atoms with Gasteiger partial charge in [0.15, 0.2) is 5.15 Å². The van der Waals surface area contributed by atoms with Crippen LogP contribution in [0, 0.1) is 0 Å². The molecule has 0 saturated carbocycles. The summed E-state index contributed by atoms with van der Waals surface area (Å²) in [7, 11) is 0. The largest absolute Gasteiger partial charge is 0.323 e. The van der Waals surface area contributed by atoms with Crippen molar-refractivity contribution >= 4 is 39.1 Å². The molecule has 0 radical (unpaired) electrons. The van der Waals surface area contributed by atoms with Crippen LogP contribution in [0.5, 0.6) is 0 Å². The second-order valence-electron chi connectivity index (χ2n) is 3.14. The van der Waals surface area contributed by atoms with Gasteiger partial charge in [0.1, 0.15) is 0 Å². The van der Waals surface area contributed by atoms with Crippen LogP contribution in [0.2, 0.25) is 5.15 Å². The first-order valence-electron chi connectivity index (χ1n) is 4.95. The van der Waals surface area contributed by atoms with E-state index in [4.69, 9.17) is 11.6 Å². The molecule has 0 bridgehead atoms. The fourth-order valence-corrected chi connectivity index (χ4v) is 1.58. The van der Waals surface area contributed by atoms with Crippen LogP contribution in [-0.2, 0) is 4.79 Å². The van der Waals surface area contributed by atoms with Crippen LogP contribution < -0.4 is 10.6 Å². The Kier molecular flexibility index (Phi) is 5.73. The summed E-state index contributed by atoms with van der Waals surface area (Å²) in [5.41, 5.74) is 0.526. The minimum Gasteiger partial charge on any atom is -0.323 e. The van der Waals surface area contributed by atoms with Crippen molar-refractivity contribution in [2.24, 2.45) is 0 Å². The van der Waals surface area contributed by atoms with E-state index < -0.39 is 0 Å². The summed E-state index contributed by atoms with van der Waals surface area (Å²) < 4.78 is 0.777. The van der Waals surface area contributed by atoms with Crippen LogP contribution >= 0.6 is 27.5 Å². The van der Waals surface area contributed by atoms with E-state index >= 15 is 0 Å². The molecule has 0 aliphatic heterocycles. The number of hydrogen-bond acceptors (Lipinski definition) is 3. The lowest BCUT2D eigenvalue weighted by atomic mass is 10.3. The Balaban J connectivity index is 2.52. The first-order chi connectivity index (χ1) is 7.63. The molecule has 1 rings (SSSR count). The number of aromatic nitrogens is 1. The number of amides is 1. The predicted molar refractivity (Wildman–Crippen MR) is 68.7 cm³/mol. The Bertz CT molecular complexity index is 373. The second kappa shape index (κ2) is 6.83. The van der Waals surface area contributed by atoms with E-state index in [-0.39, 0.29) is 5.91 Å². The van der Waals surface area contributed by atoms with E-state index in [0.717, 1.165) is 11.0 Å². The molecule has 1 heterocycles. The van der Waals surface area contributed by atoms with Crippen molar-refractivity contribution in [1.82, 2.24) is 10.3 Å². The van der Waals surface area contributed by atoms with Crippen molar-refractivity contribution in [3.63, 3.8) is 0 Å². The van der Waals surface area contributed by atoms with Crippen LogP contribution in [0.1, 0.15) is 13.3 Å². The van der Waals surface area contributed by atoms with Gasteiger partial charge in [-0.15, -0.1) is 0 Å². The van der Waals surface area contributed by atoms with Gasteiger partial charge in [0, 0.05) is 23.6 Å². The lowest BCUT2D eigenvalue weighted by Gasteiger charge is -2.07. The molecule has 0 spiro atoms. The molecule has 1 aromatic rings. The number of nitrogens with zero attached hydrogens (tertiary/aromatic N) is 1. The monoisotopic (exact) mass is 305 g/mol. The maximum absolute atomic E-state index is 11.5. The van der Waals surface area contributed by atoms with Crippen molar-refractivity contribution in [2.75, 3.05) is 18.4 Å². The SMILES string of the molecule is CCNCCC(=O)Nc1cc(Br)cnc1Cl. The van der Waals surface area contributed by atoms with Gasteiger partial charge in [0.25, 0.3) is 0 Å². The smallest absolute Gasteiger partial charge is 0.225 e. The molecule has 0 unspecified atom stereocenters. The zero-order valence-corrected chi connectivity index (χ0v) is 11.2. The van der Waals surface area contributed by atoms with Crippen molar-refractivity contribution in [3.05, 3.63) is 21.9 Å². The lowest BCUT2D eigenvalue weighted by Crippen LogP contribution is -2.21. The quantitative estimate of drug-likeness (QED) is 0.649. The highest BCUT2D eigenvalue weighted by Gasteiger charge is 2.06. The number of halogens is 2. The fourth-order valence-electron chi connectivity index (χ4n) is 1.10. The van der Waals surface area contributed by atoms with Gasteiger partial charge in [-0.3, -0.25) is 4.79 Å². The molecule has 0 aliphatic rings. The first-order valence-corrected chi connectivity index (χ1v) is 6.12. The summed E-state index contributed by atoms with van der Waals surface area (Å²) >= 11 is 9.10. The Labute approximate surface area is 108 Å². The van der Waals surface area contributed by atoms with Crippen LogP contribution in [0.25, 0.3) is 0 Å². The molecule has 1 aromatic heterocycles. The van der Waals surface area contributed by atoms with E-state index in [9.17, 15) is 4.79 Å². The lowest BCUT2D eigenvalue weighted by molar-refractivity contribution is -0.116. The van der Waals surface area contributed by atoms with Gasteiger partial charge in [-0.2, -0.15) is 0 Å². The molecule has 88 valence electrons. The molecule has 1 amide bonds. The van der Waals surface area contributed by atoms with Gasteiger partial charge >= 0.3 is 0 Å². The predicted octanol–water partition coefficient (Wildman–Crippen LogP) is 2.44. The van der Waals surface area contributed by atoms with Crippen molar-refractivity contribution < 1.29 is 4.79 Å². The number of rotatable bonds is 5. The number of carbonyl (C=O) groups is 1. The average molecular weight is 307 g/mol. The molecular formula is C10H13BrClN3O. The normalized spacial score (nSPS) is 10.2. The molecule has 0 atom stereocenters. The van der Waals surface area contributed by atoms with Crippen molar-refractivity contribution in [2.45, 2.75) is 13.3 Å². The second-order valence-corrected chi connectivity index (χ2v) is 4.42. The van der Waals surface area contributed by atoms with Gasteiger partial charge < -0.3 is 10.6 Å². The number of carbonyl (C=O) groups excluding carboxylic acids is 1. The van der Waals surface area contributed by atoms with E-state index in [2.05, 4.69) is 31.5 Å². The van der Waals surface area contributed by atoms with Gasteiger partial charge in [0.05, 0.1) is 5.69 Å². The standard InChI is InChI=1S/C10H13BrClN3O/c1-2-13-4-3-9(16)15-8-5-7(11)6-14-10(8)12/h5-6,13H,2-4H2,1H3,(H,15,16). The van der Waals surface area contributed by atoms with Crippen molar-refractivity contribution in [3.8, 4) is 0 Å². The van der Waals surface area contributed by atoms with Crippen LogP contribution in [0.3, 0.4) is 0 Å². The van der Waals surface area contributed by atoms with E-state index in [0.29, 0.717) is 23.8 Å². The Morgan fingerprint density at radius 1 is 1.62 bits per heavy atom.